The Bertz CT molecular complexity index is 839. The Morgan fingerprint density at radius 2 is 2.05 bits per heavy atom. The number of rotatable bonds is 3. The van der Waals surface area contributed by atoms with Crippen molar-refractivity contribution in [3.63, 3.8) is 0 Å². The zero-order valence-electron chi connectivity index (χ0n) is 11.2. The second-order valence-electron chi connectivity index (χ2n) is 4.77. The van der Waals surface area contributed by atoms with E-state index in [-0.39, 0.29) is 12.1 Å². The first-order valence-corrected chi connectivity index (χ1v) is 6.41. The summed E-state index contributed by atoms with van der Waals surface area (Å²) in [6.07, 6.45) is -1.08. The van der Waals surface area contributed by atoms with Gasteiger partial charge in [0, 0.05) is 28.9 Å². The molecule has 112 valence electrons. The number of halogens is 3. The van der Waals surface area contributed by atoms with E-state index in [0.29, 0.717) is 22.8 Å². The van der Waals surface area contributed by atoms with Crippen molar-refractivity contribution in [2.24, 2.45) is 0 Å². The quantitative estimate of drug-likeness (QED) is 0.697. The predicted molar refractivity (Wildman–Crippen MR) is 73.5 cm³/mol. The van der Waals surface area contributed by atoms with E-state index in [9.17, 15) is 18.0 Å². The number of aromatic nitrogens is 3. The van der Waals surface area contributed by atoms with Crippen LogP contribution in [0.5, 0.6) is 0 Å². The SMILES string of the molecule is O=Cc1ccc2nn(Cc3cccnc3C(F)(F)F)cc2c1. The topological polar surface area (TPSA) is 47.8 Å². The van der Waals surface area contributed by atoms with Crippen LogP contribution in [0.4, 0.5) is 13.2 Å². The Labute approximate surface area is 123 Å². The van der Waals surface area contributed by atoms with Crippen LogP contribution in [0.15, 0.2) is 42.7 Å². The lowest BCUT2D eigenvalue weighted by Gasteiger charge is -2.11. The molecule has 0 N–H and O–H groups in total. The number of hydrogen-bond donors (Lipinski definition) is 0. The highest BCUT2D eigenvalue weighted by molar-refractivity contribution is 5.86. The largest absolute Gasteiger partial charge is 0.433 e. The van der Waals surface area contributed by atoms with Crippen molar-refractivity contribution in [2.45, 2.75) is 12.7 Å². The summed E-state index contributed by atoms with van der Waals surface area (Å²) < 4.78 is 40.2. The summed E-state index contributed by atoms with van der Waals surface area (Å²) in [5.41, 5.74) is 0.231. The molecule has 0 atom stereocenters. The number of hydrogen-bond acceptors (Lipinski definition) is 3. The van der Waals surface area contributed by atoms with E-state index < -0.39 is 11.9 Å². The van der Waals surface area contributed by atoms with Crippen molar-refractivity contribution in [3.8, 4) is 0 Å². The minimum atomic E-state index is -4.51. The van der Waals surface area contributed by atoms with Crippen LogP contribution >= 0.6 is 0 Å². The average Bonchev–Trinajstić information content (AvgIpc) is 2.87. The summed E-state index contributed by atoms with van der Waals surface area (Å²) in [6, 6.07) is 7.73. The molecule has 7 heteroatoms. The van der Waals surface area contributed by atoms with Crippen LogP contribution in [-0.2, 0) is 12.7 Å². The molecule has 0 fully saturated rings. The van der Waals surface area contributed by atoms with Crippen LogP contribution in [-0.4, -0.2) is 21.1 Å². The molecule has 0 aliphatic heterocycles. The monoisotopic (exact) mass is 305 g/mol. The van der Waals surface area contributed by atoms with E-state index in [1.54, 1.807) is 24.4 Å². The number of fused-ring (bicyclic) bond motifs is 1. The van der Waals surface area contributed by atoms with Crippen LogP contribution in [0.2, 0.25) is 0 Å². The molecule has 0 aliphatic rings. The highest BCUT2D eigenvalue weighted by Crippen LogP contribution is 2.30. The summed E-state index contributed by atoms with van der Waals surface area (Å²) in [6.45, 7) is -0.0478. The number of carbonyl (C=O) groups is 1. The van der Waals surface area contributed by atoms with Gasteiger partial charge in [-0.2, -0.15) is 18.3 Å². The van der Waals surface area contributed by atoms with Gasteiger partial charge in [-0.15, -0.1) is 0 Å². The molecule has 4 nitrogen and oxygen atoms in total. The summed E-state index contributed by atoms with van der Waals surface area (Å²) in [7, 11) is 0. The highest BCUT2D eigenvalue weighted by Gasteiger charge is 2.35. The molecule has 0 saturated carbocycles. The molecule has 2 aromatic heterocycles. The van der Waals surface area contributed by atoms with E-state index in [1.165, 1.54) is 16.8 Å². The molecule has 0 spiro atoms. The molecule has 0 bridgehead atoms. The fraction of sp³-hybridized carbons (Fsp3) is 0.133. The van der Waals surface area contributed by atoms with Crippen molar-refractivity contribution in [2.75, 3.05) is 0 Å². The van der Waals surface area contributed by atoms with Crippen molar-refractivity contribution < 1.29 is 18.0 Å². The van der Waals surface area contributed by atoms with Gasteiger partial charge < -0.3 is 0 Å². The van der Waals surface area contributed by atoms with Gasteiger partial charge in [-0.3, -0.25) is 14.5 Å². The van der Waals surface area contributed by atoms with Gasteiger partial charge in [0.2, 0.25) is 0 Å². The zero-order chi connectivity index (χ0) is 15.7. The molecular weight excluding hydrogens is 295 g/mol. The Morgan fingerprint density at radius 3 is 2.77 bits per heavy atom. The standard InChI is InChI=1S/C15H10F3N3O/c16-15(17,18)14-11(2-1-5-19-14)7-21-8-12-6-10(9-22)3-4-13(12)20-21/h1-6,8-9H,7H2. The van der Waals surface area contributed by atoms with E-state index in [4.69, 9.17) is 0 Å². The number of aldehydes is 1. The first-order valence-electron chi connectivity index (χ1n) is 6.41. The highest BCUT2D eigenvalue weighted by atomic mass is 19.4. The maximum absolute atomic E-state index is 12.9. The second-order valence-corrected chi connectivity index (χ2v) is 4.77. The smallest absolute Gasteiger partial charge is 0.298 e. The van der Waals surface area contributed by atoms with Gasteiger partial charge in [-0.05, 0) is 24.3 Å². The van der Waals surface area contributed by atoms with Crippen molar-refractivity contribution in [3.05, 3.63) is 59.5 Å². The van der Waals surface area contributed by atoms with Gasteiger partial charge >= 0.3 is 6.18 Å². The molecule has 0 unspecified atom stereocenters. The Hall–Kier alpha value is -2.70. The van der Waals surface area contributed by atoms with Crippen LogP contribution in [0.25, 0.3) is 10.9 Å². The van der Waals surface area contributed by atoms with Crippen LogP contribution in [0.1, 0.15) is 21.6 Å². The third-order valence-corrected chi connectivity index (χ3v) is 3.20. The van der Waals surface area contributed by atoms with E-state index in [2.05, 4.69) is 10.1 Å². The Kier molecular flexibility index (Phi) is 3.40. The van der Waals surface area contributed by atoms with E-state index in [1.807, 2.05) is 0 Å². The number of alkyl halides is 3. The number of benzene rings is 1. The molecule has 0 amide bonds. The van der Waals surface area contributed by atoms with Gasteiger partial charge in [-0.25, -0.2) is 0 Å². The fourth-order valence-corrected chi connectivity index (χ4v) is 2.25. The summed E-state index contributed by atoms with van der Waals surface area (Å²) in [4.78, 5) is 14.2. The van der Waals surface area contributed by atoms with Crippen LogP contribution in [0.3, 0.4) is 0 Å². The van der Waals surface area contributed by atoms with Crippen molar-refractivity contribution in [1.82, 2.24) is 14.8 Å². The molecule has 1 aromatic carbocycles. The van der Waals surface area contributed by atoms with E-state index in [0.717, 1.165) is 6.20 Å². The zero-order valence-corrected chi connectivity index (χ0v) is 11.2. The second kappa shape index (κ2) is 5.25. The van der Waals surface area contributed by atoms with Gasteiger partial charge in [-0.1, -0.05) is 6.07 Å². The van der Waals surface area contributed by atoms with Gasteiger partial charge in [0.15, 0.2) is 0 Å². The average molecular weight is 305 g/mol. The van der Waals surface area contributed by atoms with E-state index >= 15 is 0 Å². The summed E-state index contributed by atoms with van der Waals surface area (Å²) in [5.74, 6) is 0. The minimum absolute atomic E-state index is 0.0402. The third kappa shape index (κ3) is 2.69. The number of pyridine rings is 1. The van der Waals surface area contributed by atoms with Crippen LogP contribution in [0, 0.1) is 0 Å². The predicted octanol–water partition coefficient (Wildman–Crippen LogP) is 3.31. The molecule has 0 radical (unpaired) electrons. The van der Waals surface area contributed by atoms with Gasteiger partial charge in [0.1, 0.15) is 12.0 Å². The lowest BCUT2D eigenvalue weighted by atomic mass is 10.2. The Morgan fingerprint density at radius 1 is 1.23 bits per heavy atom. The molecule has 0 aliphatic carbocycles. The van der Waals surface area contributed by atoms with Gasteiger partial charge in [0.05, 0.1) is 12.1 Å². The molecule has 3 aromatic rings. The number of nitrogens with zero attached hydrogens (tertiary/aromatic N) is 3. The molecular formula is C15H10F3N3O. The normalized spacial score (nSPS) is 11.8. The summed E-state index contributed by atoms with van der Waals surface area (Å²) in [5, 5.41) is 4.91. The van der Waals surface area contributed by atoms with Crippen molar-refractivity contribution >= 4 is 17.2 Å². The first-order chi connectivity index (χ1) is 10.5. The number of carbonyl (C=O) groups excluding carboxylic acids is 1. The molecule has 0 saturated heterocycles. The molecule has 22 heavy (non-hydrogen) atoms. The van der Waals surface area contributed by atoms with Crippen molar-refractivity contribution in [1.29, 1.82) is 0 Å². The first kappa shape index (κ1) is 14.2. The summed E-state index contributed by atoms with van der Waals surface area (Å²) >= 11 is 0. The minimum Gasteiger partial charge on any atom is -0.298 e. The third-order valence-electron chi connectivity index (χ3n) is 3.20. The molecule has 3 rings (SSSR count). The Balaban J connectivity index is 1.99. The maximum Gasteiger partial charge on any atom is 0.433 e. The lowest BCUT2D eigenvalue weighted by molar-refractivity contribution is -0.141. The fourth-order valence-electron chi connectivity index (χ4n) is 2.25. The lowest BCUT2D eigenvalue weighted by Crippen LogP contribution is -2.14. The molecule has 2 heterocycles. The van der Waals surface area contributed by atoms with Gasteiger partial charge in [0.25, 0.3) is 0 Å². The van der Waals surface area contributed by atoms with Crippen LogP contribution < -0.4 is 0 Å². The maximum atomic E-state index is 12.9.